The molecular weight excluding hydrogens is 253 g/mol. The number of carbonyl (C=O) groups excluding carboxylic acids is 1. The molecule has 0 saturated heterocycles. The number of anilines is 1. The van der Waals surface area contributed by atoms with E-state index in [1.165, 1.54) is 24.1 Å². The summed E-state index contributed by atoms with van der Waals surface area (Å²) in [5, 5.41) is 5.12. The number of ether oxygens (including phenoxy) is 1. The van der Waals surface area contributed by atoms with Gasteiger partial charge in [-0.1, -0.05) is 6.07 Å². The summed E-state index contributed by atoms with van der Waals surface area (Å²) in [5.74, 6) is -1.25. The van der Waals surface area contributed by atoms with Crippen LogP contribution in [0.25, 0.3) is 0 Å². The van der Waals surface area contributed by atoms with Gasteiger partial charge in [-0.05, 0) is 29.6 Å². The topological polar surface area (TPSA) is 38.3 Å². The van der Waals surface area contributed by atoms with Crippen LogP contribution in [-0.4, -0.2) is 13.1 Å². The molecule has 5 heteroatoms. The highest BCUT2D eigenvalue weighted by Crippen LogP contribution is 2.17. The van der Waals surface area contributed by atoms with Gasteiger partial charge < -0.3 is 10.1 Å². The highest BCUT2D eigenvalue weighted by Gasteiger charge is 2.12. The summed E-state index contributed by atoms with van der Waals surface area (Å²) in [5.41, 5.74) is 0.624. The van der Waals surface area contributed by atoms with Gasteiger partial charge in [0.15, 0.2) is 0 Å². The summed E-state index contributed by atoms with van der Waals surface area (Å²) in [7, 11) is 1.23. The van der Waals surface area contributed by atoms with Crippen molar-refractivity contribution in [3.63, 3.8) is 0 Å². The molecule has 0 aliphatic heterocycles. The van der Waals surface area contributed by atoms with Crippen molar-refractivity contribution >= 4 is 23.0 Å². The highest BCUT2D eigenvalue weighted by atomic mass is 32.1. The summed E-state index contributed by atoms with van der Waals surface area (Å²) in [4.78, 5) is 12.5. The molecule has 18 heavy (non-hydrogen) atoms. The summed E-state index contributed by atoms with van der Waals surface area (Å²) in [6.45, 7) is 0.643. The van der Waals surface area contributed by atoms with Gasteiger partial charge in [-0.2, -0.15) is 0 Å². The second-order valence-corrected chi connectivity index (χ2v) is 4.65. The van der Waals surface area contributed by atoms with Crippen molar-refractivity contribution in [2.45, 2.75) is 6.54 Å². The minimum Gasteiger partial charge on any atom is -0.465 e. The van der Waals surface area contributed by atoms with Crippen LogP contribution in [0.5, 0.6) is 0 Å². The van der Waals surface area contributed by atoms with Crippen molar-refractivity contribution in [3.8, 4) is 0 Å². The Morgan fingerprint density at radius 1 is 1.44 bits per heavy atom. The van der Waals surface area contributed by atoms with E-state index in [0.29, 0.717) is 12.2 Å². The predicted molar refractivity (Wildman–Crippen MR) is 69.4 cm³/mol. The number of thiophene rings is 1. The first-order valence-electron chi connectivity index (χ1n) is 5.35. The van der Waals surface area contributed by atoms with Crippen molar-refractivity contribution in [3.05, 3.63) is 52.0 Å². The van der Waals surface area contributed by atoms with Crippen LogP contribution in [0.1, 0.15) is 15.2 Å². The number of methoxy groups -OCH3 is 1. The Bertz CT molecular complexity index is 540. The van der Waals surface area contributed by atoms with E-state index in [4.69, 9.17) is 0 Å². The SMILES string of the molecule is COC(=O)c1cc(NCc2cccs2)ccc1F. The fourth-order valence-corrected chi connectivity index (χ4v) is 2.15. The monoisotopic (exact) mass is 265 g/mol. The lowest BCUT2D eigenvalue weighted by molar-refractivity contribution is 0.0595. The van der Waals surface area contributed by atoms with Crippen LogP contribution < -0.4 is 5.32 Å². The third kappa shape index (κ3) is 2.87. The van der Waals surface area contributed by atoms with Crippen molar-refractivity contribution in [1.82, 2.24) is 0 Å². The number of halogens is 1. The number of carbonyl (C=O) groups is 1. The normalized spacial score (nSPS) is 10.1. The van der Waals surface area contributed by atoms with Gasteiger partial charge in [-0.3, -0.25) is 0 Å². The molecule has 1 aromatic heterocycles. The zero-order valence-electron chi connectivity index (χ0n) is 9.77. The molecule has 1 aromatic carbocycles. The van der Waals surface area contributed by atoms with Crippen LogP contribution in [0.2, 0.25) is 0 Å². The maximum Gasteiger partial charge on any atom is 0.340 e. The Hall–Kier alpha value is -1.88. The van der Waals surface area contributed by atoms with E-state index in [9.17, 15) is 9.18 Å². The third-order valence-electron chi connectivity index (χ3n) is 2.42. The van der Waals surface area contributed by atoms with E-state index in [1.54, 1.807) is 17.4 Å². The van der Waals surface area contributed by atoms with Gasteiger partial charge in [0.2, 0.25) is 0 Å². The maximum absolute atomic E-state index is 13.4. The van der Waals surface area contributed by atoms with E-state index in [2.05, 4.69) is 10.1 Å². The molecule has 94 valence electrons. The van der Waals surface area contributed by atoms with Crippen LogP contribution in [0.3, 0.4) is 0 Å². The maximum atomic E-state index is 13.4. The number of benzene rings is 1. The molecule has 0 saturated carbocycles. The van der Waals surface area contributed by atoms with Crippen molar-refractivity contribution in [2.24, 2.45) is 0 Å². The molecule has 0 radical (unpaired) electrons. The minimum absolute atomic E-state index is 0.0614. The van der Waals surface area contributed by atoms with Gasteiger partial charge in [0, 0.05) is 17.1 Å². The first-order valence-corrected chi connectivity index (χ1v) is 6.23. The van der Waals surface area contributed by atoms with Gasteiger partial charge in [0.05, 0.1) is 12.7 Å². The van der Waals surface area contributed by atoms with Gasteiger partial charge in [0.25, 0.3) is 0 Å². The van der Waals surface area contributed by atoms with E-state index >= 15 is 0 Å². The highest BCUT2D eigenvalue weighted by molar-refractivity contribution is 7.09. The number of rotatable bonds is 4. The van der Waals surface area contributed by atoms with Gasteiger partial charge >= 0.3 is 5.97 Å². The fraction of sp³-hybridized carbons (Fsp3) is 0.154. The Kier molecular flexibility index (Phi) is 3.94. The average Bonchev–Trinajstić information content (AvgIpc) is 2.90. The zero-order chi connectivity index (χ0) is 13.0. The van der Waals surface area contributed by atoms with E-state index < -0.39 is 11.8 Å². The van der Waals surface area contributed by atoms with Crippen LogP contribution in [0.4, 0.5) is 10.1 Å². The summed E-state index contributed by atoms with van der Waals surface area (Å²) < 4.78 is 17.9. The van der Waals surface area contributed by atoms with Crippen molar-refractivity contribution in [2.75, 3.05) is 12.4 Å². The summed E-state index contributed by atoms with van der Waals surface area (Å²) in [6, 6.07) is 8.27. The number of esters is 1. The molecule has 0 aliphatic carbocycles. The summed E-state index contributed by atoms with van der Waals surface area (Å²) in [6.07, 6.45) is 0. The lowest BCUT2D eigenvalue weighted by Gasteiger charge is -2.07. The average molecular weight is 265 g/mol. The molecule has 0 fully saturated rings. The molecule has 2 rings (SSSR count). The van der Waals surface area contributed by atoms with Crippen molar-refractivity contribution in [1.29, 1.82) is 0 Å². The van der Waals surface area contributed by atoms with Gasteiger partial charge in [-0.25, -0.2) is 9.18 Å². The molecule has 0 bridgehead atoms. The first-order chi connectivity index (χ1) is 8.70. The van der Waals surface area contributed by atoms with Gasteiger partial charge in [0.1, 0.15) is 5.82 Å². The Labute approximate surface area is 108 Å². The summed E-state index contributed by atoms with van der Waals surface area (Å²) >= 11 is 1.63. The number of hydrogen-bond acceptors (Lipinski definition) is 4. The second kappa shape index (κ2) is 5.64. The lowest BCUT2D eigenvalue weighted by Crippen LogP contribution is -2.06. The molecular formula is C13H12FNO2S. The van der Waals surface area contributed by atoms with Crippen LogP contribution in [0, 0.1) is 5.82 Å². The number of hydrogen-bond donors (Lipinski definition) is 1. The standard InChI is InChI=1S/C13H12FNO2S/c1-17-13(16)11-7-9(4-5-12(11)14)15-8-10-3-2-6-18-10/h2-7,15H,8H2,1H3. The van der Waals surface area contributed by atoms with Crippen LogP contribution >= 0.6 is 11.3 Å². The van der Waals surface area contributed by atoms with Crippen LogP contribution in [-0.2, 0) is 11.3 Å². The van der Waals surface area contributed by atoms with E-state index in [-0.39, 0.29) is 5.56 Å². The van der Waals surface area contributed by atoms with E-state index in [0.717, 1.165) is 0 Å². The molecule has 2 aromatic rings. The largest absolute Gasteiger partial charge is 0.465 e. The first kappa shape index (κ1) is 12.6. The molecule has 1 N–H and O–H groups in total. The quantitative estimate of drug-likeness (QED) is 0.862. The van der Waals surface area contributed by atoms with Crippen LogP contribution in [0.15, 0.2) is 35.7 Å². The van der Waals surface area contributed by atoms with E-state index in [1.807, 2.05) is 17.5 Å². The number of nitrogens with one attached hydrogen (secondary N) is 1. The minimum atomic E-state index is -0.674. The van der Waals surface area contributed by atoms with Gasteiger partial charge in [-0.15, -0.1) is 11.3 Å². The predicted octanol–water partition coefficient (Wildman–Crippen LogP) is 3.29. The smallest absolute Gasteiger partial charge is 0.340 e. The fourth-order valence-electron chi connectivity index (χ4n) is 1.50. The molecule has 0 aliphatic rings. The molecule has 3 nitrogen and oxygen atoms in total. The Morgan fingerprint density at radius 2 is 2.28 bits per heavy atom. The molecule has 0 atom stereocenters. The zero-order valence-corrected chi connectivity index (χ0v) is 10.6. The second-order valence-electron chi connectivity index (χ2n) is 3.62. The molecule has 0 amide bonds. The molecule has 0 unspecified atom stereocenters. The molecule has 0 spiro atoms. The molecule has 1 heterocycles. The van der Waals surface area contributed by atoms with Crippen molar-refractivity contribution < 1.29 is 13.9 Å². The third-order valence-corrected chi connectivity index (χ3v) is 3.29. The Balaban J connectivity index is 2.12. The Morgan fingerprint density at radius 3 is 2.94 bits per heavy atom. The lowest BCUT2D eigenvalue weighted by atomic mass is 10.2.